The summed E-state index contributed by atoms with van der Waals surface area (Å²) in [6, 6.07) is 10.9. The van der Waals surface area contributed by atoms with E-state index in [4.69, 9.17) is 23.2 Å². The number of carbonyl (C=O) groups excluding carboxylic acids is 1. The van der Waals surface area contributed by atoms with Crippen molar-refractivity contribution in [3.8, 4) is 0 Å². The SMILES string of the molecule is O=C(NC(CCl)c1ccccc1)c1ccncc1Cl. The number of benzene rings is 1. The Labute approximate surface area is 121 Å². The lowest BCUT2D eigenvalue weighted by Crippen LogP contribution is -2.29. The van der Waals surface area contributed by atoms with Crippen LogP contribution in [0.3, 0.4) is 0 Å². The van der Waals surface area contributed by atoms with Crippen molar-refractivity contribution in [1.82, 2.24) is 10.3 Å². The molecule has 0 fully saturated rings. The Kier molecular flexibility index (Phi) is 4.77. The fourth-order valence-electron chi connectivity index (χ4n) is 1.69. The van der Waals surface area contributed by atoms with Crippen LogP contribution in [0.5, 0.6) is 0 Å². The molecule has 0 saturated carbocycles. The van der Waals surface area contributed by atoms with Gasteiger partial charge in [0.05, 0.1) is 16.6 Å². The maximum Gasteiger partial charge on any atom is 0.253 e. The molecular weight excluding hydrogens is 283 g/mol. The number of hydrogen-bond acceptors (Lipinski definition) is 2. The molecular formula is C14H12Cl2N2O. The second-order valence-electron chi connectivity index (χ2n) is 3.95. The molecule has 98 valence electrons. The third-order valence-electron chi connectivity index (χ3n) is 2.68. The fourth-order valence-corrected chi connectivity index (χ4v) is 2.15. The van der Waals surface area contributed by atoms with Gasteiger partial charge in [0.2, 0.25) is 0 Å². The number of alkyl halides is 1. The molecule has 0 saturated heterocycles. The molecule has 0 spiro atoms. The average Bonchev–Trinajstić information content (AvgIpc) is 2.46. The smallest absolute Gasteiger partial charge is 0.253 e. The number of amides is 1. The largest absolute Gasteiger partial charge is 0.344 e. The number of pyridine rings is 1. The Hall–Kier alpha value is -1.58. The molecule has 1 N–H and O–H groups in total. The van der Waals surface area contributed by atoms with Gasteiger partial charge >= 0.3 is 0 Å². The Morgan fingerprint density at radius 3 is 2.63 bits per heavy atom. The highest BCUT2D eigenvalue weighted by molar-refractivity contribution is 6.33. The lowest BCUT2D eigenvalue weighted by Gasteiger charge is -2.16. The molecule has 2 rings (SSSR count). The summed E-state index contributed by atoms with van der Waals surface area (Å²) in [5.74, 6) is 0.0280. The van der Waals surface area contributed by atoms with Crippen molar-refractivity contribution in [1.29, 1.82) is 0 Å². The van der Waals surface area contributed by atoms with E-state index < -0.39 is 0 Å². The highest BCUT2D eigenvalue weighted by Gasteiger charge is 2.16. The van der Waals surface area contributed by atoms with Crippen LogP contribution in [0.25, 0.3) is 0 Å². The lowest BCUT2D eigenvalue weighted by molar-refractivity contribution is 0.0940. The van der Waals surface area contributed by atoms with E-state index in [2.05, 4.69) is 10.3 Å². The van der Waals surface area contributed by atoms with E-state index in [9.17, 15) is 4.79 Å². The molecule has 0 radical (unpaired) electrons. The number of rotatable bonds is 4. The van der Waals surface area contributed by atoms with E-state index in [1.807, 2.05) is 30.3 Å². The Bertz CT molecular complexity index is 560. The van der Waals surface area contributed by atoms with Crippen LogP contribution < -0.4 is 5.32 Å². The number of aromatic nitrogens is 1. The van der Waals surface area contributed by atoms with Gasteiger partial charge in [0.1, 0.15) is 0 Å². The zero-order chi connectivity index (χ0) is 13.7. The molecule has 1 aromatic heterocycles. The molecule has 1 heterocycles. The standard InChI is InChI=1S/C14H12Cl2N2O/c15-8-13(10-4-2-1-3-5-10)18-14(19)11-6-7-17-9-12(11)16/h1-7,9,13H,8H2,(H,18,19). The van der Waals surface area contributed by atoms with E-state index in [0.29, 0.717) is 16.5 Å². The summed E-state index contributed by atoms with van der Waals surface area (Å²) >= 11 is 11.8. The Morgan fingerprint density at radius 1 is 1.26 bits per heavy atom. The molecule has 19 heavy (non-hydrogen) atoms. The van der Waals surface area contributed by atoms with Gasteiger partial charge in [-0.25, -0.2) is 0 Å². The van der Waals surface area contributed by atoms with Crippen molar-refractivity contribution < 1.29 is 4.79 Å². The molecule has 0 aliphatic carbocycles. The zero-order valence-electron chi connectivity index (χ0n) is 10.0. The van der Waals surface area contributed by atoms with Crippen molar-refractivity contribution in [2.75, 3.05) is 5.88 Å². The van der Waals surface area contributed by atoms with Crippen LogP contribution >= 0.6 is 23.2 Å². The second kappa shape index (κ2) is 6.55. The van der Waals surface area contributed by atoms with Crippen LogP contribution in [-0.4, -0.2) is 16.8 Å². The first-order valence-corrected chi connectivity index (χ1v) is 6.65. The van der Waals surface area contributed by atoms with Crippen molar-refractivity contribution >= 4 is 29.1 Å². The van der Waals surface area contributed by atoms with Crippen molar-refractivity contribution in [3.05, 3.63) is 64.9 Å². The molecule has 0 bridgehead atoms. The maximum atomic E-state index is 12.1. The molecule has 3 nitrogen and oxygen atoms in total. The second-order valence-corrected chi connectivity index (χ2v) is 4.66. The summed E-state index contributed by atoms with van der Waals surface area (Å²) in [5.41, 5.74) is 1.35. The first kappa shape index (κ1) is 13.8. The Balaban J connectivity index is 2.16. The first-order chi connectivity index (χ1) is 9.22. The van der Waals surface area contributed by atoms with E-state index in [-0.39, 0.29) is 11.9 Å². The van der Waals surface area contributed by atoms with Gasteiger partial charge in [-0.2, -0.15) is 0 Å². The van der Waals surface area contributed by atoms with Crippen LogP contribution in [0.2, 0.25) is 5.02 Å². The van der Waals surface area contributed by atoms with E-state index in [0.717, 1.165) is 5.56 Å². The molecule has 1 atom stereocenters. The quantitative estimate of drug-likeness (QED) is 0.878. The number of nitrogens with one attached hydrogen (secondary N) is 1. The van der Waals surface area contributed by atoms with Gasteiger partial charge in [-0.15, -0.1) is 11.6 Å². The predicted octanol–water partition coefficient (Wildman–Crippen LogP) is 3.44. The normalized spacial score (nSPS) is 11.9. The minimum absolute atomic E-state index is 0.250. The minimum Gasteiger partial charge on any atom is -0.344 e. The van der Waals surface area contributed by atoms with Crippen LogP contribution in [0.15, 0.2) is 48.8 Å². The molecule has 0 aliphatic heterocycles. The average molecular weight is 295 g/mol. The number of carbonyl (C=O) groups is 1. The molecule has 5 heteroatoms. The van der Waals surface area contributed by atoms with Gasteiger partial charge in [-0.1, -0.05) is 41.9 Å². The van der Waals surface area contributed by atoms with Crippen LogP contribution in [0.4, 0.5) is 0 Å². The van der Waals surface area contributed by atoms with E-state index in [1.165, 1.54) is 12.4 Å². The third-order valence-corrected chi connectivity index (χ3v) is 3.29. The predicted molar refractivity (Wildman–Crippen MR) is 76.6 cm³/mol. The number of hydrogen-bond donors (Lipinski definition) is 1. The number of halogens is 2. The molecule has 0 aliphatic rings. The fraction of sp³-hybridized carbons (Fsp3) is 0.143. The Morgan fingerprint density at radius 2 is 2.00 bits per heavy atom. The van der Waals surface area contributed by atoms with Gasteiger partial charge in [0, 0.05) is 18.3 Å². The molecule has 1 unspecified atom stereocenters. The van der Waals surface area contributed by atoms with Crippen molar-refractivity contribution in [2.24, 2.45) is 0 Å². The van der Waals surface area contributed by atoms with Gasteiger partial charge in [0.25, 0.3) is 5.91 Å². The highest BCUT2D eigenvalue weighted by Crippen LogP contribution is 2.18. The number of nitrogens with zero attached hydrogens (tertiary/aromatic N) is 1. The molecule has 2 aromatic rings. The topological polar surface area (TPSA) is 42.0 Å². The maximum absolute atomic E-state index is 12.1. The van der Waals surface area contributed by atoms with Gasteiger partial charge < -0.3 is 5.32 Å². The third kappa shape index (κ3) is 3.46. The summed E-state index contributed by atoms with van der Waals surface area (Å²) in [5, 5.41) is 3.18. The van der Waals surface area contributed by atoms with E-state index in [1.54, 1.807) is 6.07 Å². The van der Waals surface area contributed by atoms with Crippen molar-refractivity contribution in [2.45, 2.75) is 6.04 Å². The summed E-state index contributed by atoms with van der Waals surface area (Å²) < 4.78 is 0. The zero-order valence-corrected chi connectivity index (χ0v) is 11.5. The van der Waals surface area contributed by atoms with Crippen LogP contribution in [0, 0.1) is 0 Å². The van der Waals surface area contributed by atoms with Crippen LogP contribution in [0.1, 0.15) is 22.0 Å². The summed E-state index contributed by atoms with van der Waals surface area (Å²) in [4.78, 5) is 16.0. The monoisotopic (exact) mass is 294 g/mol. The van der Waals surface area contributed by atoms with Crippen molar-refractivity contribution in [3.63, 3.8) is 0 Å². The van der Waals surface area contributed by atoms with E-state index >= 15 is 0 Å². The summed E-state index contributed by atoms with van der Waals surface area (Å²) in [7, 11) is 0. The van der Waals surface area contributed by atoms with Gasteiger partial charge in [0.15, 0.2) is 0 Å². The van der Waals surface area contributed by atoms with Gasteiger partial charge in [-0.3, -0.25) is 9.78 Å². The van der Waals surface area contributed by atoms with Gasteiger partial charge in [-0.05, 0) is 11.6 Å². The summed E-state index contributed by atoms with van der Waals surface area (Å²) in [6.07, 6.45) is 2.97. The highest BCUT2D eigenvalue weighted by atomic mass is 35.5. The first-order valence-electron chi connectivity index (χ1n) is 5.73. The molecule has 1 amide bonds. The lowest BCUT2D eigenvalue weighted by atomic mass is 10.1. The molecule has 1 aromatic carbocycles. The summed E-state index contributed by atoms with van der Waals surface area (Å²) in [6.45, 7) is 0. The van der Waals surface area contributed by atoms with Crippen LogP contribution in [-0.2, 0) is 0 Å². The minimum atomic E-state index is -0.262.